The number of fused-ring (bicyclic) bond motifs is 1. The zero-order valence-electron chi connectivity index (χ0n) is 18.9. The van der Waals surface area contributed by atoms with E-state index in [1.807, 2.05) is 89.8 Å². The van der Waals surface area contributed by atoms with Crippen molar-refractivity contribution < 1.29 is 9.59 Å². The molecule has 3 aromatic carbocycles. The van der Waals surface area contributed by atoms with Crippen molar-refractivity contribution in [3.63, 3.8) is 0 Å². The minimum Gasteiger partial charge on any atom is -0.345 e. The average Bonchev–Trinajstić information content (AvgIpc) is 2.92. The second-order valence-electron chi connectivity index (χ2n) is 8.75. The predicted molar refractivity (Wildman–Crippen MR) is 133 cm³/mol. The first-order valence-corrected chi connectivity index (χ1v) is 11.7. The van der Waals surface area contributed by atoms with E-state index in [1.54, 1.807) is 12.4 Å². The van der Waals surface area contributed by atoms with Crippen molar-refractivity contribution >= 4 is 22.6 Å². The van der Waals surface area contributed by atoms with Gasteiger partial charge in [0.25, 0.3) is 5.91 Å². The normalized spacial score (nSPS) is 16.7. The van der Waals surface area contributed by atoms with Crippen LogP contribution in [0.4, 0.5) is 0 Å². The molecule has 1 aliphatic heterocycles. The van der Waals surface area contributed by atoms with Crippen LogP contribution >= 0.6 is 0 Å². The molecule has 2 amide bonds. The maximum atomic E-state index is 13.4. The van der Waals surface area contributed by atoms with Crippen molar-refractivity contribution in [2.45, 2.75) is 18.9 Å². The Morgan fingerprint density at radius 2 is 1.56 bits per heavy atom. The lowest BCUT2D eigenvalue weighted by molar-refractivity contribution is -0.126. The fraction of sp³-hybridized carbons (Fsp3) is 0.207. The third-order valence-corrected chi connectivity index (χ3v) is 6.56. The molecule has 5 heteroatoms. The number of likely N-dealkylation sites (tertiary alicyclic amines) is 1. The number of aromatic nitrogens is 1. The van der Waals surface area contributed by atoms with Crippen LogP contribution in [0.1, 0.15) is 40.4 Å². The Morgan fingerprint density at radius 1 is 0.853 bits per heavy atom. The molecule has 1 aromatic heterocycles. The summed E-state index contributed by atoms with van der Waals surface area (Å²) in [6.07, 6.45) is 5.05. The third-order valence-electron chi connectivity index (χ3n) is 6.56. The molecule has 1 fully saturated rings. The van der Waals surface area contributed by atoms with E-state index in [0.29, 0.717) is 18.7 Å². The highest BCUT2D eigenvalue weighted by Gasteiger charge is 2.31. The lowest BCUT2D eigenvalue weighted by atomic mass is 9.93. The van der Waals surface area contributed by atoms with Crippen LogP contribution in [0.5, 0.6) is 0 Å². The first-order chi connectivity index (χ1) is 16.7. The standard InChI is InChI=1S/C29H27N3O2/c33-28(31-27(22-9-2-1-3-10-22)23-15-17-30-18-16-23)24-12-7-19-32(20-24)29(34)26-14-6-11-21-8-4-5-13-25(21)26/h1-6,8-11,13-18,24,27H,7,12,19-20H2,(H,31,33)/t24-,27+/m1/s1. The lowest BCUT2D eigenvalue weighted by Gasteiger charge is -2.33. The van der Waals surface area contributed by atoms with Crippen molar-refractivity contribution in [3.05, 3.63) is 114 Å². The number of piperidine rings is 1. The van der Waals surface area contributed by atoms with Crippen molar-refractivity contribution in [2.75, 3.05) is 13.1 Å². The quantitative estimate of drug-likeness (QED) is 0.467. The van der Waals surface area contributed by atoms with Gasteiger partial charge in [0.15, 0.2) is 0 Å². The van der Waals surface area contributed by atoms with Crippen LogP contribution in [-0.4, -0.2) is 34.8 Å². The Bertz CT molecular complexity index is 1250. The molecule has 2 heterocycles. The smallest absolute Gasteiger partial charge is 0.254 e. The number of nitrogens with zero attached hydrogens (tertiary/aromatic N) is 2. The Morgan fingerprint density at radius 3 is 2.38 bits per heavy atom. The van der Waals surface area contributed by atoms with Gasteiger partial charge in [-0.15, -0.1) is 0 Å². The number of carbonyl (C=O) groups is 2. The summed E-state index contributed by atoms with van der Waals surface area (Å²) in [5, 5.41) is 5.24. The number of pyridine rings is 1. The molecule has 1 saturated heterocycles. The number of amides is 2. The van der Waals surface area contributed by atoms with Gasteiger partial charge in [-0.2, -0.15) is 0 Å². The van der Waals surface area contributed by atoms with Gasteiger partial charge in [-0.05, 0) is 52.9 Å². The molecular weight excluding hydrogens is 422 g/mol. The summed E-state index contributed by atoms with van der Waals surface area (Å²) in [5.74, 6) is -0.287. The molecule has 0 aliphatic carbocycles. The second-order valence-corrected chi connectivity index (χ2v) is 8.75. The number of rotatable bonds is 5. The van der Waals surface area contributed by atoms with E-state index >= 15 is 0 Å². The minimum atomic E-state index is -0.263. The van der Waals surface area contributed by atoms with Gasteiger partial charge in [0, 0.05) is 31.0 Å². The van der Waals surface area contributed by atoms with Crippen molar-refractivity contribution in [1.82, 2.24) is 15.2 Å². The van der Waals surface area contributed by atoms with Gasteiger partial charge < -0.3 is 10.2 Å². The number of hydrogen-bond donors (Lipinski definition) is 1. The Kier molecular flexibility index (Phi) is 6.34. The molecule has 0 saturated carbocycles. The molecular formula is C29H27N3O2. The fourth-order valence-electron chi connectivity index (χ4n) is 4.78. The topological polar surface area (TPSA) is 62.3 Å². The SMILES string of the molecule is O=C(N[C@@H](c1ccccc1)c1ccncc1)[C@@H]1CCCN(C(=O)c2cccc3ccccc23)C1. The number of hydrogen-bond acceptors (Lipinski definition) is 3. The van der Waals surface area contributed by atoms with Crippen LogP contribution in [0.15, 0.2) is 97.3 Å². The summed E-state index contributed by atoms with van der Waals surface area (Å²) in [4.78, 5) is 32.8. The highest BCUT2D eigenvalue weighted by atomic mass is 16.2. The van der Waals surface area contributed by atoms with Gasteiger partial charge in [0.05, 0.1) is 12.0 Å². The summed E-state index contributed by atoms with van der Waals surface area (Å²) < 4.78 is 0. The molecule has 5 nitrogen and oxygen atoms in total. The Balaban J connectivity index is 1.35. The Labute approximate surface area is 199 Å². The zero-order chi connectivity index (χ0) is 23.3. The minimum absolute atomic E-state index is 0.0111. The summed E-state index contributed by atoms with van der Waals surface area (Å²) in [7, 11) is 0. The van der Waals surface area contributed by atoms with Crippen LogP contribution in [-0.2, 0) is 4.79 Å². The molecule has 170 valence electrons. The van der Waals surface area contributed by atoms with Crippen molar-refractivity contribution in [3.8, 4) is 0 Å². The average molecular weight is 450 g/mol. The van der Waals surface area contributed by atoms with Gasteiger partial charge >= 0.3 is 0 Å². The molecule has 1 N–H and O–H groups in total. The summed E-state index contributed by atoms with van der Waals surface area (Å²) in [5.41, 5.74) is 2.69. The molecule has 4 aromatic rings. The van der Waals surface area contributed by atoms with Crippen LogP contribution in [0.3, 0.4) is 0 Å². The maximum absolute atomic E-state index is 13.4. The lowest BCUT2D eigenvalue weighted by Crippen LogP contribution is -2.46. The molecule has 0 spiro atoms. The van der Waals surface area contributed by atoms with Crippen LogP contribution in [0, 0.1) is 5.92 Å². The molecule has 34 heavy (non-hydrogen) atoms. The highest BCUT2D eigenvalue weighted by molar-refractivity contribution is 6.07. The molecule has 0 bridgehead atoms. The number of benzene rings is 3. The second kappa shape index (κ2) is 9.87. The first kappa shape index (κ1) is 21.8. The molecule has 0 radical (unpaired) electrons. The third kappa shape index (κ3) is 4.55. The molecule has 0 unspecified atom stereocenters. The van der Waals surface area contributed by atoms with E-state index in [2.05, 4.69) is 10.3 Å². The first-order valence-electron chi connectivity index (χ1n) is 11.7. The van der Waals surface area contributed by atoms with Gasteiger partial charge in [-0.25, -0.2) is 0 Å². The van der Waals surface area contributed by atoms with Gasteiger partial charge in [-0.3, -0.25) is 14.6 Å². The monoisotopic (exact) mass is 449 g/mol. The van der Waals surface area contributed by atoms with Crippen molar-refractivity contribution in [1.29, 1.82) is 0 Å². The highest BCUT2D eigenvalue weighted by Crippen LogP contribution is 2.26. The molecule has 1 aliphatic rings. The van der Waals surface area contributed by atoms with E-state index in [0.717, 1.165) is 34.7 Å². The number of nitrogens with one attached hydrogen (secondary N) is 1. The van der Waals surface area contributed by atoms with Crippen LogP contribution in [0.25, 0.3) is 10.8 Å². The van der Waals surface area contributed by atoms with Gasteiger partial charge in [0.2, 0.25) is 5.91 Å². The molecule has 2 atom stereocenters. The zero-order valence-corrected chi connectivity index (χ0v) is 18.9. The predicted octanol–water partition coefficient (Wildman–Crippen LogP) is 4.99. The van der Waals surface area contributed by atoms with Crippen molar-refractivity contribution in [2.24, 2.45) is 5.92 Å². The summed E-state index contributed by atoms with van der Waals surface area (Å²) in [6.45, 7) is 1.09. The largest absolute Gasteiger partial charge is 0.345 e. The Hall–Kier alpha value is -3.99. The van der Waals surface area contributed by atoms with E-state index in [-0.39, 0.29) is 23.8 Å². The van der Waals surface area contributed by atoms with E-state index in [9.17, 15) is 9.59 Å². The van der Waals surface area contributed by atoms with Gasteiger partial charge in [-0.1, -0.05) is 66.7 Å². The molecule has 5 rings (SSSR count). The fourth-order valence-corrected chi connectivity index (χ4v) is 4.78. The maximum Gasteiger partial charge on any atom is 0.254 e. The van der Waals surface area contributed by atoms with E-state index in [4.69, 9.17) is 0 Å². The van der Waals surface area contributed by atoms with Crippen LogP contribution < -0.4 is 5.32 Å². The summed E-state index contributed by atoms with van der Waals surface area (Å²) >= 11 is 0. The van der Waals surface area contributed by atoms with Crippen LogP contribution in [0.2, 0.25) is 0 Å². The number of carbonyl (C=O) groups excluding carboxylic acids is 2. The summed E-state index contributed by atoms with van der Waals surface area (Å²) in [6, 6.07) is 27.3. The van der Waals surface area contributed by atoms with Gasteiger partial charge in [0.1, 0.15) is 0 Å². The van der Waals surface area contributed by atoms with E-state index < -0.39 is 0 Å². The van der Waals surface area contributed by atoms with E-state index in [1.165, 1.54) is 0 Å².